The summed E-state index contributed by atoms with van der Waals surface area (Å²) in [5.74, 6) is 0.135. The third-order valence-electron chi connectivity index (χ3n) is 6.65. The number of hydrogen-bond acceptors (Lipinski definition) is 8. The van der Waals surface area contributed by atoms with E-state index in [-0.39, 0.29) is 17.2 Å². The molecule has 0 radical (unpaired) electrons. The lowest BCUT2D eigenvalue weighted by Crippen LogP contribution is -2.29. The SMILES string of the molecule is CCCOc1ccc(/C(O)=C2\C(=O)C(=O)N(c3cc(C)on3)C2c2ccc(OCc3ccccc3)c(OC)c2)cc1. The Kier molecular flexibility index (Phi) is 8.05. The second-order valence-corrected chi connectivity index (χ2v) is 9.52. The molecule has 0 saturated carbocycles. The molecule has 1 saturated heterocycles. The van der Waals surface area contributed by atoms with Crippen LogP contribution < -0.4 is 19.1 Å². The summed E-state index contributed by atoms with van der Waals surface area (Å²) in [6, 6.07) is 22.1. The summed E-state index contributed by atoms with van der Waals surface area (Å²) < 4.78 is 22.5. The first kappa shape index (κ1) is 27.5. The Morgan fingerprint density at radius 2 is 1.73 bits per heavy atom. The van der Waals surface area contributed by atoms with Crippen LogP contribution in [0.3, 0.4) is 0 Å². The maximum Gasteiger partial charge on any atom is 0.301 e. The van der Waals surface area contributed by atoms with Crippen molar-refractivity contribution in [3.63, 3.8) is 0 Å². The van der Waals surface area contributed by atoms with Crippen LogP contribution in [0, 0.1) is 6.92 Å². The minimum atomic E-state index is -1.01. The average Bonchev–Trinajstić information content (AvgIpc) is 3.54. The summed E-state index contributed by atoms with van der Waals surface area (Å²) >= 11 is 0. The molecule has 1 N–H and O–H groups in total. The minimum absolute atomic E-state index is 0.0853. The van der Waals surface area contributed by atoms with E-state index in [1.165, 1.54) is 12.0 Å². The smallest absolute Gasteiger partial charge is 0.301 e. The summed E-state index contributed by atoms with van der Waals surface area (Å²) in [7, 11) is 1.51. The van der Waals surface area contributed by atoms with E-state index >= 15 is 0 Å². The van der Waals surface area contributed by atoms with E-state index in [0.29, 0.717) is 47.3 Å². The van der Waals surface area contributed by atoms with Crippen LogP contribution in [-0.2, 0) is 16.2 Å². The van der Waals surface area contributed by atoms with Crippen molar-refractivity contribution >= 4 is 23.3 Å². The van der Waals surface area contributed by atoms with Crippen molar-refractivity contribution in [2.45, 2.75) is 32.9 Å². The molecule has 41 heavy (non-hydrogen) atoms. The summed E-state index contributed by atoms with van der Waals surface area (Å²) in [6.07, 6.45) is 0.853. The Hall–Kier alpha value is -5.05. The summed E-state index contributed by atoms with van der Waals surface area (Å²) in [5, 5.41) is 15.4. The molecule has 3 aromatic carbocycles. The average molecular weight is 555 g/mol. The number of aromatic nitrogens is 1. The fourth-order valence-corrected chi connectivity index (χ4v) is 4.64. The summed E-state index contributed by atoms with van der Waals surface area (Å²) in [6.45, 7) is 4.57. The molecule has 1 aromatic heterocycles. The van der Waals surface area contributed by atoms with Crippen molar-refractivity contribution in [3.8, 4) is 17.2 Å². The van der Waals surface area contributed by atoms with Gasteiger partial charge in [-0.05, 0) is 60.9 Å². The zero-order valence-electron chi connectivity index (χ0n) is 23.0. The molecule has 1 fully saturated rings. The number of carbonyl (C=O) groups excluding carboxylic acids is 2. The number of ether oxygens (including phenoxy) is 3. The van der Waals surface area contributed by atoms with Crippen molar-refractivity contribution in [1.82, 2.24) is 5.16 Å². The summed E-state index contributed by atoms with van der Waals surface area (Å²) in [4.78, 5) is 28.0. The van der Waals surface area contributed by atoms with E-state index in [9.17, 15) is 14.7 Å². The molecule has 1 amide bonds. The van der Waals surface area contributed by atoms with Crippen molar-refractivity contribution in [1.29, 1.82) is 0 Å². The first-order chi connectivity index (χ1) is 19.9. The monoisotopic (exact) mass is 554 g/mol. The number of nitrogens with zero attached hydrogens (tertiary/aromatic N) is 2. The molecule has 0 bridgehead atoms. The zero-order chi connectivity index (χ0) is 28.9. The first-order valence-electron chi connectivity index (χ1n) is 13.2. The van der Waals surface area contributed by atoms with E-state index in [2.05, 4.69) is 5.16 Å². The number of aliphatic hydroxyl groups excluding tert-OH is 1. The highest BCUT2D eigenvalue weighted by atomic mass is 16.5. The van der Waals surface area contributed by atoms with Crippen LogP contribution in [0.4, 0.5) is 5.82 Å². The van der Waals surface area contributed by atoms with Gasteiger partial charge in [-0.3, -0.25) is 14.5 Å². The molecule has 2 heterocycles. The van der Waals surface area contributed by atoms with E-state index in [4.69, 9.17) is 18.7 Å². The topological polar surface area (TPSA) is 111 Å². The zero-order valence-corrected chi connectivity index (χ0v) is 23.0. The van der Waals surface area contributed by atoms with Gasteiger partial charge in [0.05, 0.1) is 25.3 Å². The number of methoxy groups -OCH3 is 1. The molecule has 1 unspecified atom stereocenters. The van der Waals surface area contributed by atoms with Crippen LogP contribution in [0.5, 0.6) is 17.2 Å². The van der Waals surface area contributed by atoms with Crippen LogP contribution in [-0.4, -0.2) is 35.7 Å². The van der Waals surface area contributed by atoms with Gasteiger partial charge in [-0.1, -0.05) is 48.5 Å². The number of Topliss-reactive ketones (excluding diaryl/α,β-unsaturated/α-hetero) is 1. The molecule has 4 aromatic rings. The lowest BCUT2D eigenvalue weighted by molar-refractivity contribution is -0.132. The van der Waals surface area contributed by atoms with Crippen LogP contribution in [0.25, 0.3) is 5.76 Å². The Labute approximate surface area is 237 Å². The van der Waals surface area contributed by atoms with E-state index < -0.39 is 17.7 Å². The van der Waals surface area contributed by atoms with Gasteiger partial charge in [-0.2, -0.15) is 0 Å². The Morgan fingerprint density at radius 1 is 0.976 bits per heavy atom. The molecule has 0 spiro atoms. The fourth-order valence-electron chi connectivity index (χ4n) is 4.64. The molecule has 0 aliphatic carbocycles. The number of ketones is 1. The van der Waals surface area contributed by atoms with E-state index in [1.54, 1.807) is 55.5 Å². The van der Waals surface area contributed by atoms with E-state index in [0.717, 1.165) is 12.0 Å². The highest BCUT2D eigenvalue weighted by Crippen LogP contribution is 2.44. The lowest BCUT2D eigenvalue weighted by atomic mass is 9.95. The van der Waals surface area contributed by atoms with Gasteiger partial charge in [-0.15, -0.1) is 0 Å². The Balaban J connectivity index is 1.57. The fraction of sp³-hybridized carbons (Fsp3) is 0.219. The maximum absolute atomic E-state index is 13.4. The number of aliphatic hydroxyl groups is 1. The number of aryl methyl sites for hydroxylation is 1. The molecule has 5 rings (SSSR count). The highest BCUT2D eigenvalue weighted by molar-refractivity contribution is 6.51. The van der Waals surface area contributed by atoms with Crippen molar-refractivity contribution in [3.05, 3.63) is 107 Å². The van der Waals surface area contributed by atoms with Crippen molar-refractivity contribution in [2.75, 3.05) is 18.6 Å². The summed E-state index contributed by atoms with van der Waals surface area (Å²) in [5.41, 5.74) is 1.78. The van der Waals surface area contributed by atoms with Crippen LogP contribution in [0.2, 0.25) is 0 Å². The van der Waals surface area contributed by atoms with E-state index in [1.807, 2.05) is 37.3 Å². The minimum Gasteiger partial charge on any atom is -0.507 e. The van der Waals surface area contributed by atoms with Crippen LogP contribution in [0.15, 0.2) is 89.0 Å². The molecule has 9 nitrogen and oxygen atoms in total. The number of amides is 1. The quantitative estimate of drug-likeness (QED) is 0.145. The number of anilines is 1. The second-order valence-electron chi connectivity index (χ2n) is 9.52. The molecular weight excluding hydrogens is 524 g/mol. The standard InChI is InChI=1S/C32H30N2O7/c1-4-16-39-24-13-10-22(11-14-24)30(35)28-29(34(32(37)31(28)36)27-17-20(2)41-33-27)23-12-15-25(26(18-23)38-3)40-19-21-8-6-5-7-9-21/h5-15,17-18,29,35H,4,16,19H2,1-3H3/b30-28+. The third-order valence-corrected chi connectivity index (χ3v) is 6.65. The van der Waals surface area contributed by atoms with Crippen molar-refractivity contribution < 1.29 is 33.4 Å². The third kappa shape index (κ3) is 5.65. The lowest BCUT2D eigenvalue weighted by Gasteiger charge is -2.24. The number of hydrogen-bond donors (Lipinski definition) is 1. The highest BCUT2D eigenvalue weighted by Gasteiger charge is 2.48. The Bertz CT molecular complexity index is 1580. The largest absolute Gasteiger partial charge is 0.507 e. The molecule has 1 atom stereocenters. The number of carbonyl (C=O) groups is 2. The second kappa shape index (κ2) is 12.0. The molecule has 9 heteroatoms. The predicted molar refractivity (Wildman–Crippen MR) is 152 cm³/mol. The Morgan fingerprint density at radius 3 is 2.39 bits per heavy atom. The predicted octanol–water partition coefficient (Wildman–Crippen LogP) is 5.99. The van der Waals surface area contributed by atoms with Crippen LogP contribution in [0.1, 0.15) is 41.8 Å². The van der Waals surface area contributed by atoms with Crippen LogP contribution >= 0.6 is 0 Å². The molecule has 1 aliphatic rings. The van der Waals surface area contributed by atoms with Gasteiger partial charge < -0.3 is 23.8 Å². The normalized spacial score (nSPS) is 16.2. The van der Waals surface area contributed by atoms with Gasteiger partial charge >= 0.3 is 5.91 Å². The van der Waals surface area contributed by atoms with Gasteiger partial charge in [0.25, 0.3) is 5.78 Å². The van der Waals surface area contributed by atoms with Gasteiger partial charge in [0, 0.05) is 11.6 Å². The molecule has 1 aliphatic heterocycles. The number of rotatable bonds is 10. The van der Waals surface area contributed by atoms with Gasteiger partial charge in [-0.25, -0.2) is 0 Å². The number of benzene rings is 3. The van der Waals surface area contributed by atoms with Crippen molar-refractivity contribution in [2.24, 2.45) is 0 Å². The maximum atomic E-state index is 13.4. The van der Waals surface area contributed by atoms with Gasteiger partial charge in [0.15, 0.2) is 17.3 Å². The van der Waals surface area contributed by atoms with Gasteiger partial charge in [0.2, 0.25) is 0 Å². The first-order valence-corrected chi connectivity index (χ1v) is 13.2. The molecule has 210 valence electrons. The van der Waals surface area contributed by atoms with Gasteiger partial charge in [0.1, 0.15) is 23.9 Å². The molecular formula is C32H30N2O7.